The fourth-order valence-corrected chi connectivity index (χ4v) is 1.13. The Hall–Kier alpha value is -1.43. The third-order valence-corrected chi connectivity index (χ3v) is 1.88. The second kappa shape index (κ2) is 4.71. The van der Waals surface area contributed by atoms with Gasteiger partial charge in [-0.1, -0.05) is 30.3 Å². The molecule has 0 fully saturated rings. The summed E-state index contributed by atoms with van der Waals surface area (Å²) >= 11 is 0. The number of hydroxylamine groups is 1. The molecule has 0 aliphatic rings. The van der Waals surface area contributed by atoms with Gasteiger partial charge in [0, 0.05) is 6.42 Å². The van der Waals surface area contributed by atoms with Crippen LogP contribution >= 0.6 is 0 Å². The van der Waals surface area contributed by atoms with Gasteiger partial charge in [0.2, 0.25) is 0 Å². The van der Waals surface area contributed by atoms with Crippen molar-refractivity contribution in [2.75, 3.05) is 0 Å². The van der Waals surface area contributed by atoms with Crippen molar-refractivity contribution in [3.63, 3.8) is 0 Å². The van der Waals surface area contributed by atoms with Crippen LogP contribution in [0, 0.1) is 0 Å². The highest BCUT2D eigenvalue weighted by Crippen LogP contribution is 2.05. The van der Waals surface area contributed by atoms with Gasteiger partial charge in [-0.25, -0.2) is 5.84 Å². The van der Waals surface area contributed by atoms with Crippen LogP contribution in [-0.4, -0.2) is 27.5 Å². The van der Waals surface area contributed by atoms with Gasteiger partial charge in [0.25, 0.3) is 0 Å². The molecule has 1 aromatic rings. The quantitative estimate of drug-likeness (QED) is 0.474. The van der Waals surface area contributed by atoms with Gasteiger partial charge in [-0.2, -0.15) is 0 Å². The number of carboxylic acid groups (broad SMARTS) is 1. The molecule has 14 heavy (non-hydrogen) atoms. The maximum atomic E-state index is 10.7. The lowest BCUT2D eigenvalue weighted by Crippen LogP contribution is -2.44. The third-order valence-electron chi connectivity index (χ3n) is 1.88. The molecule has 1 atom stereocenters. The van der Waals surface area contributed by atoms with Crippen molar-refractivity contribution < 1.29 is 15.1 Å². The summed E-state index contributed by atoms with van der Waals surface area (Å²) in [6.45, 7) is 0. The molecule has 0 aromatic heterocycles. The first kappa shape index (κ1) is 10.6. The molecule has 1 rings (SSSR count). The molecule has 0 amide bonds. The first-order valence-corrected chi connectivity index (χ1v) is 4.11. The van der Waals surface area contributed by atoms with Gasteiger partial charge in [0.15, 0.2) is 6.04 Å². The van der Waals surface area contributed by atoms with Crippen LogP contribution in [0.15, 0.2) is 30.3 Å². The van der Waals surface area contributed by atoms with Gasteiger partial charge in [0.05, 0.1) is 0 Å². The van der Waals surface area contributed by atoms with E-state index in [1.165, 1.54) is 0 Å². The number of nitrogens with zero attached hydrogens (tertiary/aromatic N) is 1. The summed E-state index contributed by atoms with van der Waals surface area (Å²) in [5, 5.41) is 17.8. The third kappa shape index (κ3) is 2.81. The van der Waals surface area contributed by atoms with Crippen molar-refractivity contribution in [1.82, 2.24) is 5.17 Å². The monoisotopic (exact) mass is 196 g/mol. The fraction of sp³-hybridized carbons (Fsp3) is 0.222. The Morgan fingerprint density at radius 1 is 1.43 bits per heavy atom. The minimum Gasteiger partial charge on any atom is -0.480 e. The maximum Gasteiger partial charge on any atom is 0.325 e. The van der Waals surface area contributed by atoms with Gasteiger partial charge in [-0.3, -0.25) is 10.0 Å². The summed E-state index contributed by atoms with van der Waals surface area (Å²) < 4.78 is 0. The van der Waals surface area contributed by atoms with Gasteiger partial charge in [-0.15, -0.1) is 5.17 Å². The molecule has 5 heteroatoms. The summed E-state index contributed by atoms with van der Waals surface area (Å²) in [7, 11) is 0. The summed E-state index contributed by atoms with van der Waals surface area (Å²) in [6, 6.07) is 7.87. The number of nitrogens with two attached hydrogens (primary N) is 1. The van der Waals surface area contributed by atoms with Crippen molar-refractivity contribution in [1.29, 1.82) is 0 Å². The fourth-order valence-electron chi connectivity index (χ4n) is 1.13. The number of hydrogen-bond donors (Lipinski definition) is 3. The molecule has 0 aliphatic heterocycles. The van der Waals surface area contributed by atoms with Crippen LogP contribution < -0.4 is 5.84 Å². The molecule has 1 aromatic carbocycles. The van der Waals surface area contributed by atoms with E-state index in [1.807, 2.05) is 6.07 Å². The van der Waals surface area contributed by atoms with E-state index < -0.39 is 12.0 Å². The van der Waals surface area contributed by atoms with Crippen molar-refractivity contribution in [3.05, 3.63) is 35.9 Å². The SMILES string of the molecule is NN(O)C(Cc1ccccc1)C(=O)O. The zero-order chi connectivity index (χ0) is 10.6. The smallest absolute Gasteiger partial charge is 0.325 e. The van der Waals surface area contributed by atoms with E-state index in [0.717, 1.165) is 5.56 Å². The summed E-state index contributed by atoms with van der Waals surface area (Å²) in [5.41, 5.74) is 0.810. The van der Waals surface area contributed by atoms with Crippen LogP contribution in [0.4, 0.5) is 0 Å². The van der Waals surface area contributed by atoms with Gasteiger partial charge >= 0.3 is 5.97 Å². The van der Waals surface area contributed by atoms with Crippen LogP contribution in [0.2, 0.25) is 0 Å². The van der Waals surface area contributed by atoms with E-state index in [1.54, 1.807) is 24.3 Å². The molecule has 0 saturated carbocycles. The number of carboxylic acids is 1. The second-order valence-electron chi connectivity index (χ2n) is 2.92. The standard InChI is InChI=1S/C9H12N2O3/c10-11(14)8(9(12)13)6-7-4-2-1-3-5-7/h1-5,8,14H,6,10H2,(H,12,13). The number of aliphatic carboxylic acids is 1. The van der Waals surface area contributed by atoms with E-state index in [2.05, 4.69) is 0 Å². The lowest BCUT2D eigenvalue weighted by molar-refractivity contribution is -0.170. The van der Waals surface area contributed by atoms with E-state index in [-0.39, 0.29) is 11.6 Å². The van der Waals surface area contributed by atoms with Crippen molar-refractivity contribution in [3.8, 4) is 0 Å². The van der Waals surface area contributed by atoms with Gasteiger partial charge < -0.3 is 5.11 Å². The number of hydrazine groups is 1. The Morgan fingerprint density at radius 3 is 2.43 bits per heavy atom. The van der Waals surface area contributed by atoms with E-state index in [9.17, 15) is 4.79 Å². The van der Waals surface area contributed by atoms with E-state index in [4.69, 9.17) is 16.2 Å². The number of rotatable bonds is 4. The molecule has 0 aliphatic carbocycles. The van der Waals surface area contributed by atoms with Crippen LogP contribution in [0.1, 0.15) is 5.56 Å². The van der Waals surface area contributed by atoms with E-state index >= 15 is 0 Å². The Labute approximate surface area is 81.3 Å². The maximum absolute atomic E-state index is 10.7. The number of hydrogen-bond acceptors (Lipinski definition) is 4. The van der Waals surface area contributed by atoms with E-state index in [0.29, 0.717) is 0 Å². The molecular weight excluding hydrogens is 184 g/mol. The number of carbonyl (C=O) groups is 1. The van der Waals surface area contributed by atoms with Crippen LogP contribution in [0.5, 0.6) is 0 Å². The largest absolute Gasteiger partial charge is 0.480 e. The predicted molar refractivity (Wildman–Crippen MR) is 49.4 cm³/mol. The molecule has 0 spiro atoms. The number of benzene rings is 1. The Balaban J connectivity index is 2.70. The molecule has 0 bridgehead atoms. The zero-order valence-corrected chi connectivity index (χ0v) is 7.50. The zero-order valence-electron chi connectivity index (χ0n) is 7.50. The van der Waals surface area contributed by atoms with Crippen LogP contribution in [0.25, 0.3) is 0 Å². The van der Waals surface area contributed by atoms with Crippen LogP contribution in [-0.2, 0) is 11.2 Å². The second-order valence-corrected chi connectivity index (χ2v) is 2.92. The lowest BCUT2D eigenvalue weighted by Gasteiger charge is -2.17. The Kier molecular flexibility index (Phi) is 3.58. The molecule has 0 radical (unpaired) electrons. The van der Waals surface area contributed by atoms with Crippen molar-refractivity contribution in [2.45, 2.75) is 12.5 Å². The summed E-state index contributed by atoms with van der Waals surface area (Å²) in [6.07, 6.45) is 0.170. The molecular formula is C9H12N2O3. The Morgan fingerprint density at radius 2 is 2.00 bits per heavy atom. The topological polar surface area (TPSA) is 86.8 Å². The van der Waals surface area contributed by atoms with Crippen molar-refractivity contribution in [2.24, 2.45) is 5.84 Å². The molecule has 4 N–H and O–H groups in total. The molecule has 76 valence electrons. The highest BCUT2D eigenvalue weighted by atomic mass is 16.5. The average molecular weight is 196 g/mol. The highest BCUT2D eigenvalue weighted by Gasteiger charge is 2.22. The summed E-state index contributed by atoms with van der Waals surface area (Å²) in [5.74, 6) is 3.84. The van der Waals surface area contributed by atoms with Gasteiger partial charge in [-0.05, 0) is 5.56 Å². The minimum atomic E-state index is -1.15. The molecule has 0 heterocycles. The molecule has 1 unspecified atom stereocenters. The van der Waals surface area contributed by atoms with Gasteiger partial charge in [0.1, 0.15) is 0 Å². The lowest BCUT2D eigenvalue weighted by atomic mass is 10.1. The molecule has 5 nitrogen and oxygen atoms in total. The first-order valence-electron chi connectivity index (χ1n) is 4.11. The predicted octanol–water partition coefficient (Wildman–Crippen LogP) is 0.247. The Bertz CT molecular complexity index is 300. The molecule has 0 saturated heterocycles. The minimum absolute atomic E-state index is 0.170. The average Bonchev–Trinajstić information content (AvgIpc) is 2.15. The summed E-state index contributed by atoms with van der Waals surface area (Å²) in [4.78, 5) is 10.7. The first-order chi connectivity index (χ1) is 6.61. The normalized spacial score (nSPS) is 12.8. The highest BCUT2D eigenvalue weighted by molar-refractivity contribution is 5.73. The van der Waals surface area contributed by atoms with Crippen molar-refractivity contribution >= 4 is 5.97 Å². The van der Waals surface area contributed by atoms with Crippen LogP contribution in [0.3, 0.4) is 0 Å².